The molecule has 5 nitrogen and oxygen atoms in total. The Morgan fingerprint density at radius 1 is 1.27 bits per heavy atom. The van der Waals surface area contributed by atoms with E-state index >= 15 is 0 Å². The third-order valence-corrected chi connectivity index (χ3v) is 9.25. The molecule has 1 spiro atoms. The van der Waals surface area contributed by atoms with Gasteiger partial charge in [-0.2, -0.15) is 0 Å². The lowest BCUT2D eigenvalue weighted by atomic mass is 9.59. The number of carbonyl (C=O) groups is 1. The summed E-state index contributed by atoms with van der Waals surface area (Å²) in [5.74, 6) is -0.179. The van der Waals surface area contributed by atoms with Crippen molar-refractivity contribution in [2.24, 2.45) is 34.5 Å². The van der Waals surface area contributed by atoms with E-state index in [-0.39, 0.29) is 23.0 Å². The molecule has 0 aromatic rings. The van der Waals surface area contributed by atoms with E-state index in [0.717, 1.165) is 17.6 Å². The molecule has 8 atom stereocenters. The van der Waals surface area contributed by atoms with Gasteiger partial charge in [0.2, 0.25) is 0 Å². The molecule has 166 valence electrons. The summed E-state index contributed by atoms with van der Waals surface area (Å²) < 4.78 is 18.5. The third kappa shape index (κ3) is 2.38. The molecule has 1 saturated heterocycles. The molecule has 5 rings (SSSR count). The number of aliphatic hydroxyl groups is 1. The highest BCUT2D eigenvalue weighted by Gasteiger charge is 2.77. The van der Waals surface area contributed by atoms with Crippen molar-refractivity contribution >= 4 is 17.8 Å². The normalized spacial score (nSPS) is 50.3. The summed E-state index contributed by atoms with van der Waals surface area (Å²) in [6.45, 7) is 12.8. The molecule has 2 saturated carbocycles. The van der Waals surface area contributed by atoms with Crippen LogP contribution in [-0.2, 0) is 18.5 Å². The van der Waals surface area contributed by atoms with Crippen LogP contribution in [0.2, 0.25) is 0 Å². The molecule has 0 radical (unpaired) electrons. The highest BCUT2D eigenvalue weighted by molar-refractivity contribution is 7.93. The number of hydrogen-bond donors (Lipinski definition) is 1. The average Bonchev–Trinajstić information content (AvgIpc) is 3.14. The van der Waals surface area contributed by atoms with Crippen LogP contribution in [0, 0.1) is 34.5 Å². The maximum atomic E-state index is 14.4. The van der Waals surface area contributed by atoms with Gasteiger partial charge in [0.25, 0.3) is 0 Å². The minimum absolute atomic E-state index is 0.0120. The van der Waals surface area contributed by atoms with Gasteiger partial charge in [0.05, 0.1) is 12.0 Å². The van der Waals surface area contributed by atoms with Crippen molar-refractivity contribution in [3.05, 3.63) is 23.3 Å². The number of fused-ring (bicyclic) bond motifs is 5. The lowest BCUT2D eigenvalue weighted by Crippen LogP contribution is -2.67. The lowest BCUT2D eigenvalue weighted by Gasteiger charge is -2.52. The minimum atomic E-state index is -1.50. The highest BCUT2D eigenvalue weighted by atomic mass is 32.2. The number of hydrogen-bond acceptors (Lipinski definition) is 6. The number of rotatable bonds is 2. The number of ether oxygens (including phenoxy) is 2. The van der Waals surface area contributed by atoms with Crippen LogP contribution in [0.1, 0.15) is 48.0 Å². The van der Waals surface area contributed by atoms with Gasteiger partial charge in [0.1, 0.15) is 17.8 Å². The van der Waals surface area contributed by atoms with E-state index in [1.807, 2.05) is 33.1 Å². The van der Waals surface area contributed by atoms with Crippen LogP contribution in [0.3, 0.4) is 0 Å². The van der Waals surface area contributed by atoms with Crippen LogP contribution in [0.5, 0.6) is 0 Å². The number of ketones is 1. The van der Waals surface area contributed by atoms with Crippen molar-refractivity contribution in [2.45, 2.75) is 71.6 Å². The van der Waals surface area contributed by atoms with Crippen molar-refractivity contribution in [3.63, 3.8) is 0 Å². The molecule has 0 aromatic carbocycles. The molecule has 0 aromatic heterocycles. The van der Waals surface area contributed by atoms with E-state index in [4.69, 9.17) is 13.7 Å². The first-order valence-corrected chi connectivity index (χ1v) is 12.2. The van der Waals surface area contributed by atoms with E-state index in [9.17, 15) is 9.90 Å². The second-order valence-electron chi connectivity index (χ2n) is 11.1. The summed E-state index contributed by atoms with van der Waals surface area (Å²) in [5.41, 5.74) is -0.602. The average molecular weight is 435 g/mol. The second-order valence-corrected chi connectivity index (χ2v) is 11.7. The predicted octanol–water partition coefficient (Wildman–Crippen LogP) is 3.92. The first kappa shape index (κ1) is 21.2. The zero-order chi connectivity index (χ0) is 21.9. The SMILES string of the molecule is CSOC1C(C)=CC23C(=O)C(C=C4COC(C)(C)OC4C12O)[C@H]1[C@@H](C[C@H]3C)C1(C)C. The molecule has 5 unspecified atom stereocenters. The molecule has 1 N–H and O–H groups in total. The molecule has 1 aliphatic heterocycles. The monoisotopic (exact) mass is 434 g/mol. The van der Waals surface area contributed by atoms with Gasteiger partial charge in [-0.3, -0.25) is 4.79 Å². The van der Waals surface area contributed by atoms with E-state index in [0.29, 0.717) is 18.4 Å². The maximum absolute atomic E-state index is 14.4. The van der Waals surface area contributed by atoms with Crippen molar-refractivity contribution in [2.75, 3.05) is 12.9 Å². The number of allylic oxidation sites excluding steroid dienone is 1. The fraction of sp³-hybridized carbons (Fsp3) is 0.792. The topological polar surface area (TPSA) is 65.0 Å². The zero-order valence-electron chi connectivity index (χ0n) is 19.0. The molecule has 0 amide bonds. The fourth-order valence-electron chi connectivity index (χ4n) is 7.36. The Morgan fingerprint density at radius 3 is 2.63 bits per heavy atom. The van der Waals surface area contributed by atoms with E-state index < -0.39 is 29.0 Å². The molecule has 2 bridgehead atoms. The quantitative estimate of drug-likeness (QED) is 0.525. The molecule has 6 heteroatoms. The summed E-state index contributed by atoms with van der Waals surface area (Å²) in [7, 11) is 0. The van der Waals surface area contributed by atoms with Gasteiger partial charge >= 0.3 is 0 Å². The first-order valence-electron chi connectivity index (χ1n) is 11.1. The molecular formula is C24H34O5S. The third-order valence-electron chi connectivity index (χ3n) is 8.86. The predicted molar refractivity (Wildman–Crippen MR) is 116 cm³/mol. The van der Waals surface area contributed by atoms with Crippen molar-refractivity contribution in [1.82, 2.24) is 0 Å². The fourth-order valence-corrected chi connectivity index (χ4v) is 7.85. The van der Waals surface area contributed by atoms with Crippen molar-refractivity contribution in [3.8, 4) is 0 Å². The number of carbonyl (C=O) groups excluding carboxylic acids is 1. The van der Waals surface area contributed by atoms with Crippen LogP contribution in [0.25, 0.3) is 0 Å². The van der Waals surface area contributed by atoms with Gasteiger partial charge in [-0.15, -0.1) is 0 Å². The van der Waals surface area contributed by atoms with E-state index in [1.54, 1.807) is 0 Å². The standard InChI is InChI=1S/C24H34O5S/c1-12-10-23-13(2)8-16-17(21(16,3)4)15(18(23)25)9-14-11-27-22(5,6)28-20(14)24(23,26)19(12)29-30-7/h9-10,13,15-17,19-20,26H,8,11H2,1-7H3/t13-,15?,16-,17+,19?,20?,23?,24?/m1/s1. The van der Waals surface area contributed by atoms with Crippen LogP contribution >= 0.6 is 12.0 Å². The summed E-state index contributed by atoms with van der Waals surface area (Å²) in [4.78, 5) is 14.4. The molecule has 3 fully saturated rings. The van der Waals surface area contributed by atoms with Crippen molar-refractivity contribution < 1.29 is 23.6 Å². The Balaban J connectivity index is 1.76. The Morgan fingerprint density at radius 2 is 1.97 bits per heavy atom. The highest BCUT2D eigenvalue weighted by Crippen LogP contribution is 2.72. The first-order chi connectivity index (χ1) is 13.9. The summed E-state index contributed by atoms with van der Waals surface area (Å²) in [5, 5.41) is 12.6. The van der Waals surface area contributed by atoms with Gasteiger partial charge in [0, 0.05) is 12.2 Å². The van der Waals surface area contributed by atoms with Gasteiger partial charge in [-0.25, -0.2) is 0 Å². The molecule has 1 heterocycles. The summed E-state index contributed by atoms with van der Waals surface area (Å²) in [6.07, 6.45) is 5.64. The summed E-state index contributed by atoms with van der Waals surface area (Å²) in [6, 6.07) is 0. The van der Waals surface area contributed by atoms with E-state index in [2.05, 4.69) is 26.8 Å². The Kier molecular flexibility index (Phi) is 4.40. The zero-order valence-corrected chi connectivity index (χ0v) is 19.8. The molecular weight excluding hydrogens is 400 g/mol. The molecule has 5 aliphatic rings. The molecule has 4 aliphatic carbocycles. The Hall–Kier alpha value is -0.660. The van der Waals surface area contributed by atoms with Crippen LogP contribution in [0.4, 0.5) is 0 Å². The Bertz CT molecular complexity index is 860. The second kappa shape index (κ2) is 6.22. The van der Waals surface area contributed by atoms with Crippen LogP contribution in [0.15, 0.2) is 23.3 Å². The van der Waals surface area contributed by atoms with Crippen molar-refractivity contribution in [1.29, 1.82) is 0 Å². The van der Waals surface area contributed by atoms with Gasteiger partial charge in [-0.1, -0.05) is 32.9 Å². The smallest absolute Gasteiger partial charge is 0.164 e. The number of Topliss-reactive ketones (excluding diaryl/α,β-unsaturated/α-hetero) is 1. The lowest BCUT2D eigenvalue weighted by molar-refractivity contribution is -0.301. The van der Waals surface area contributed by atoms with Gasteiger partial charge in [-0.05, 0) is 73.5 Å². The minimum Gasteiger partial charge on any atom is -0.382 e. The largest absolute Gasteiger partial charge is 0.382 e. The van der Waals surface area contributed by atoms with Crippen LogP contribution < -0.4 is 0 Å². The van der Waals surface area contributed by atoms with Gasteiger partial charge in [0.15, 0.2) is 11.6 Å². The molecule has 30 heavy (non-hydrogen) atoms. The van der Waals surface area contributed by atoms with Gasteiger partial charge < -0.3 is 18.8 Å². The van der Waals surface area contributed by atoms with E-state index in [1.165, 1.54) is 12.0 Å². The maximum Gasteiger partial charge on any atom is 0.164 e. The van der Waals surface area contributed by atoms with Crippen LogP contribution in [-0.4, -0.2) is 47.3 Å². The summed E-state index contributed by atoms with van der Waals surface area (Å²) >= 11 is 1.23. The Labute approximate surface area is 183 Å².